The molecule has 0 saturated carbocycles. The third kappa shape index (κ3) is 1.38. The first-order valence-corrected chi connectivity index (χ1v) is 3.69. The fourth-order valence-corrected chi connectivity index (χ4v) is 1.08. The molecule has 0 aliphatic rings. The van der Waals surface area contributed by atoms with Gasteiger partial charge in [-0.25, -0.2) is 4.39 Å². The van der Waals surface area contributed by atoms with Crippen LogP contribution in [0.1, 0.15) is 0 Å². The number of rotatable bonds is 1. The molecule has 0 atom stereocenters. The Kier molecular flexibility index (Phi) is 1.73. The van der Waals surface area contributed by atoms with Gasteiger partial charge in [0.2, 0.25) is 0 Å². The van der Waals surface area contributed by atoms with Crippen molar-refractivity contribution in [3.8, 4) is 11.1 Å². The van der Waals surface area contributed by atoms with Crippen LogP contribution in [0.4, 0.5) is 4.39 Å². The summed E-state index contributed by atoms with van der Waals surface area (Å²) in [6.45, 7) is 0. The molecule has 4 heteroatoms. The first-order valence-electron chi connectivity index (χ1n) is 3.69. The van der Waals surface area contributed by atoms with Gasteiger partial charge >= 0.3 is 0 Å². The molecule has 0 spiro atoms. The molecule has 0 saturated heterocycles. The molecule has 0 aliphatic heterocycles. The second kappa shape index (κ2) is 2.90. The maximum atomic E-state index is 12.5. The van der Waals surface area contributed by atoms with Crippen LogP contribution < -0.4 is 5.56 Å². The topological polar surface area (TPSA) is 46.0 Å². The molecule has 66 valence electrons. The number of aromatic amines is 1. The van der Waals surface area contributed by atoms with Gasteiger partial charge in [0.15, 0.2) is 0 Å². The lowest BCUT2D eigenvalue weighted by Gasteiger charge is -1.93. The van der Waals surface area contributed by atoms with Crippen molar-refractivity contribution in [1.29, 1.82) is 0 Å². The Hall–Kier alpha value is -1.84. The Morgan fingerprint density at radius 3 is 2.46 bits per heavy atom. The fourth-order valence-electron chi connectivity index (χ4n) is 1.08. The Balaban J connectivity index is 2.54. The van der Waals surface area contributed by atoms with E-state index >= 15 is 0 Å². The molecule has 2 rings (SSSR count). The highest BCUT2D eigenvalue weighted by Gasteiger charge is 2.04. The number of H-pyrrole nitrogens is 1. The highest BCUT2D eigenvalue weighted by atomic mass is 19.1. The summed E-state index contributed by atoms with van der Waals surface area (Å²) in [5.41, 5.74) is 0.725. The van der Waals surface area contributed by atoms with Gasteiger partial charge in [0.05, 0.1) is 5.56 Å². The molecule has 1 N–H and O–H groups in total. The first-order chi connectivity index (χ1) is 6.27. The number of hydrogen-bond acceptors (Lipinski definition) is 2. The van der Waals surface area contributed by atoms with Crippen molar-refractivity contribution in [2.45, 2.75) is 0 Å². The molecule has 0 aliphatic carbocycles. The molecule has 0 radical (unpaired) electrons. The van der Waals surface area contributed by atoms with Gasteiger partial charge < -0.3 is 4.52 Å². The molecule has 13 heavy (non-hydrogen) atoms. The molecule has 3 nitrogen and oxygen atoms in total. The van der Waals surface area contributed by atoms with E-state index in [1.807, 2.05) is 0 Å². The van der Waals surface area contributed by atoms with Crippen LogP contribution in [-0.2, 0) is 0 Å². The zero-order valence-corrected chi connectivity index (χ0v) is 6.58. The third-order valence-electron chi connectivity index (χ3n) is 1.73. The summed E-state index contributed by atoms with van der Waals surface area (Å²) in [4.78, 5) is 11.1. The van der Waals surface area contributed by atoms with Crippen LogP contribution in [0.25, 0.3) is 11.1 Å². The van der Waals surface area contributed by atoms with Crippen molar-refractivity contribution in [3.05, 3.63) is 46.7 Å². The van der Waals surface area contributed by atoms with Crippen LogP contribution in [0.5, 0.6) is 0 Å². The number of halogens is 1. The van der Waals surface area contributed by atoms with Crippen LogP contribution in [0.3, 0.4) is 0 Å². The number of aromatic nitrogens is 1. The molecule has 0 amide bonds. The Morgan fingerprint density at radius 2 is 1.92 bits per heavy atom. The molecular formula is C9H6FNO2. The Labute approximate surface area is 72.8 Å². The lowest BCUT2D eigenvalue weighted by molar-refractivity contribution is 0.414. The predicted octanol–water partition coefficient (Wildman–Crippen LogP) is 1.77. The van der Waals surface area contributed by atoms with E-state index < -0.39 is 0 Å². The zero-order valence-electron chi connectivity index (χ0n) is 6.58. The van der Waals surface area contributed by atoms with Gasteiger partial charge in [-0.05, 0) is 17.7 Å². The van der Waals surface area contributed by atoms with Gasteiger partial charge in [-0.1, -0.05) is 12.1 Å². The summed E-state index contributed by atoms with van der Waals surface area (Å²) >= 11 is 0. The molecule has 0 unspecified atom stereocenters. The maximum absolute atomic E-state index is 12.5. The quantitative estimate of drug-likeness (QED) is 0.725. The van der Waals surface area contributed by atoms with Crippen LogP contribution >= 0.6 is 0 Å². The second-order valence-corrected chi connectivity index (χ2v) is 2.59. The average molecular weight is 179 g/mol. The molecule has 0 bridgehead atoms. The van der Waals surface area contributed by atoms with Gasteiger partial charge in [-0.15, -0.1) is 0 Å². The Bertz CT molecular complexity index is 455. The molecule has 1 heterocycles. The summed E-state index contributed by atoms with van der Waals surface area (Å²) in [6.07, 6.45) is 1.30. The lowest BCUT2D eigenvalue weighted by Crippen LogP contribution is -2.00. The van der Waals surface area contributed by atoms with Crippen LogP contribution in [0.2, 0.25) is 0 Å². The van der Waals surface area contributed by atoms with E-state index in [0.29, 0.717) is 11.1 Å². The van der Waals surface area contributed by atoms with E-state index in [0.717, 1.165) is 0 Å². The zero-order chi connectivity index (χ0) is 9.26. The van der Waals surface area contributed by atoms with E-state index in [1.165, 1.54) is 30.5 Å². The monoisotopic (exact) mass is 179 g/mol. The van der Waals surface area contributed by atoms with E-state index in [-0.39, 0.29) is 11.4 Å². The third-order valence-corrected chi connectivity index (χ3v) is 1.73. The van der Waals surface area contributed by atoms with Crippen molar-refractivity contribution < 1.29 is 8.91 Å². The minimum Gasteiger partial charge on any atom is -0.386 e. The summed E-state index contributed by atoms with van der Waals surface area (Å²) in [6, 6.07) is 5.63. The SMILES string of the molecule is O=c1[nH]occ1-c1ccc(F)cc1. The van der Waals surface area contributed by atoms with E-state index in [2.05, 4.69) is 9.68 Å². The summed E-state index contributed by atoms with van der Waals surface area (Å²) < 4.78 is 17.1. The van der Waals surface area contributed by atoms with Crippen molar-refractivity contribution in [1.82, 2.24) is 5.16 Å². The number of benzene rings is 1. The lowest BCUT2D eigenvalue weighted by atomic mass is 10.1. The minimum atomic E-state index is -0.330. The highest BCUT2D eigenvalue weighted by molar-refractivity contribution is 5.60. The molecular weight excluding hydrogens is 173 g/mol. The van der Waals surface area contributed by atoms with Gasteiger partial charge in [-0.3, -0.25) is 4.79 Å². The predicted molar refractivity (Wildman–Crippen MR) is 44.7 cm³/mol. The normalized spacial score (nSPS) is 10.2. The van der Waals surface area contributed by atoms with Crippen LogP contribution in [0, 0.1) is 5.82 Å². The second-order valence-electron chi connectivity index (χ2n) is 2.59. The minimum absolute atomic E-state index is 0.313. The number of nitrogens with one attached hydrogen (secondary N) is 1. The van der Waals surface area contributed by atoms with Gasteiger partial charge in [0.1, 0.15) is 12.1 Å². The van der Waals surface area contributed by atoms with Crippen molar-refractivity contribution >= 4 is 0 Å². The summed E-state index contributed by atoms with van der Waals surface area (Å²) in [5, 5.41) is 2.16. The summed E-state index contributed by atoms with van der Waals surface area (Å²) in [5.74, 6) is -0.330. The summed E-state index contributed by atoms with van der Waals surface area (Å²) in [7, 11) is 0. The number of hydrogen-bond donors (Lipinski definition) is 1. The standard InChI is InChI=1S/C9H6FNO2/c10-7-3-1-6(2-4-7)8-5-13-11-9(8)12/h1-5H,(H,11,12). The van der Waals surface area contributed by atoms with Gasteiger partial charge in [0, 0.05) is 0 Å². The van der Waals surface area contributed by atoms with Crippen molar-refractivity contribution in [3.63, 3.8) is 0 Å². The Morgan fingerprint density at radius 1 is 1.23 bits per heavy atom. The van der Waals surface area contributed by atoms with E-state index in [1.54, 1.807) is 0 Å². The largest absolute Gasteiger partial charge is 0.386 e. The molecule has 0 fully saturated rings. The fraction of sp³-hybridized carbons (Fsp3) is 0. The van der Waals surface area contributed by atoms with Crippen LogP contribution in [-0.4, -0.2) is 5.16 Å². The smallest absolute Gasteiger partial charge is 0.287 e. The van der Waals surface area contributed by atoms with Gasteiger partial charge in [0.25, 0.3) is 5.56 Å². The molecule has 1 aromatic carbocycles. The van der Waals surface area contributed by atoms with Crippen molar-refractivity contribution in [2.24, 2.45) is 0 Å². The van der Waals surface area contributed by atoms with E-state index in [4.69, 9.17) is 0 Å². The molecule has 1 aromatic heterocycles. The maximum Gasteiger partial charge on any atom is 0.287 e. The molecule has 2 aromatic rings. The van der Waals surface area contributed by atoms with Gasteiger partial charge in [-0.2, -0.15) is 5.16 Å². The van der Waals surface area contributed by atoms with Crippen molar-refractivity contribution in [2.75, 3.05) is 0 Å². The average Bonchev–Trinajstić information content (AvgIpc) is 2.53. The van der Waals surface area contributed by atoms with Crippen LogP contribution in [0.15, 0.2) is 39.8 Å². The first kappa shape index (κ1) is 7.79. The highest BCUT2D eigenvalue weighted by Crippen LogP contribution is 2.14. The van der Waals surface area contributed by atoms with E-state index in [9.17, 15) is 9.18 Å².